The molecule has 0 spiro atoms. The molecule has 0 heterocycles. The third kappa shape index (κ3) is 3.71. The van der Waals surface area contributed by atoms with E-state index in [0.717, 1.165) is 25.7 Å². The molecule has 2 N–H and O–H groups in total. The van der Waals surface area contributed by atoms with Crippen molar-refractivity contribution in [3.05, 3.63) is 0 Å². The van der Waals surface area contributed by atoms with Gasteiger partial charge >= 0.3 is 5.97 Å². The molecule has 2 aliphatic carbocycles. The fraction of sp³-hybridized carbons (Fsp3) is 0.867. The number of nitrogens with one attached hydrogen (secondary N) is 1. The Morgan fingerprint density at radius 2 is 1.79 bits per heavy atom. The average molecular weight is 267 g/mol. The summed E-state index contributed by atoms with van der Waals surface area (Å²) < 4.78 is 0. The molecule has 108 valence electrons. The van der Waals surface area contributed by atoms with Crippen molar-refractivity contribution in [3.63, 3.8) is 0 Å². The fourth-order valence-corrected chi connectivity index (χ4v) is 3.04. The molecule has 2 aliphatic rings. The van der Waals surface area contributed by atoms with Gasteiger partial charge in [0.25, 0.3) is 0 Å². The van der Waals surface area contributed by atoms with Crippen molar-refractivity contribution in [1.29, 1.82) is 0 Å². The lowest BCUT2D eigenvalue weighted by atomic mass is 9.75. The zero-order chi connectivity index (χ0) is 13.9. The van der Waals surface area contributed by atoms with Crippen LogP contribution in [0, 0.1) is 11.8 Å². The minimum absolute atomic E-state index is 0.0794. The first-order chi connectivity index (χ1) is 9.05. The van der Waals surface area contributed by atoms with Gasteiger partial charge in [-0.2, -0.15) is 0 Å². The Labute approximate surface area is 115 Å². The smallest absolute Gasteiger partial charge is 0.329 e. The van der Waals surface area contributed by atoms with E-state index in [4.69, 9.17) is 0 Å². The second kappa shape index (κ2) is 5.93. The Morgan fingerprint density at radius 3 is 2.26 bits per heavy atom. The van der Waals surface area contributed by atoms with Crippen molar-refractivity contribution < 1.29 is 14.7 Å². The molecule has 2 rings (SSSR count). The molecule has 0 aliphatic heterocycles. The van der Waals surface area contributed by atoms with Crippen molar-refractivity contribution in [2.45, 2.75) is 70.3 Å². The number of rotatable bonds is 6. The van der Waals surface area contributed by atoms with Crippen molar-refractivity contribution in [2.24, 2.45) is 11.8 Å². The highest BCUT2D eigenvalue weighted by Crippen LogP contribution is 2.35. The Kier molecular flexibility index (Phi) is 4.48. The Bertz CT molecular complexity index is 341. The molecule has 1 amide bonds. The van der Waals surface area contributed by atoms with Crippen molar-refractivity contribution in [1.82, 2.24) is 5.32 Å². The summed E-state index contributed by atoms with van der Waals surface area (Å²) in [4.78, 5) is 23.5. The van der Waals surface area contributed by atoms with Gasteiger partial charge in [0.2, 0.25) is 5.91 Å². The molecule has 4 heteroatoms. The van der Waals surface area contributed by atoms with Gasteiger partial charge in [-0.1, -0.05) is 26.2 Å². The van der Waals surface area contributed by atoms with Crippen LogP contribution in [0.3, 0.4) is 0 Å². The minimum Gasteiger partial charge on any atom is -0.480 e. The van der Waals surface area contributed by atoms with E-state index in [1.165, 1.54) is 12.8 Å². The molecule has 0 unspecified atom stereocenters. The Balaban J connectivity index is 1.87. The predicted octanol–water partition coefficient (Wildman–Crippen LogP) is 2.72. The number of carboxylic acid groups (broad SMARTS) is 1. The fourth-order valence-electron chi connectivity index (χ4n) is 3.04. The highest BCUT2D eigenvalue weighted by Gasteiger charge is 2.42. The quantitative estimate of drug-likeness (QED) is 0.777. The number of aliphatic carboxylic acids is 1. The number of carboxylic acids is 1. The van der Waals surface area contributed by atoms with Crippen LogP contribution in [0.2, 0.25) is 0 Å². The van der Waals surface area contributed by atoms with E-state index in [0.29, 0.717) is 31.1 Å². The lowest BCUT2D eigenvalue weighted by molar-refractivity contribution is -0.149. The van der Waals surface area contributed by atoms with Crippen LogP contribution in [0.15, 0.2) is 0 Å². The van der Waals surface area contributed by atoms with E-state index in [1.807, 2.05) is 0 Å². The standard InChI is InChI=1S/C15H25NO3/c1-2-11-7-9-15(10-8-11,14(18)19)16-13(17)6-5-12-3-4-12/h11-12H,2-10H2,1H3,(H,16,17)(H,18,19). The van der Waals surface area contributed by atoms with E-state index >= 15 is 0 Å². The predicted molar refractivity (Wildman–Crippen MR) is 72.7 cm³/mol. The third-order valence-electron chi connectivity index (χ3n) is 4.80. The molecule has 0 saturated heterocycles. The van der Waals surface area contributed by atoms with E-state index in [9.17, 15) is 14.7 Å². The highest BCUT2D eigenvalue weighted by atomic mass is 16.4. The first-order valence-corrected chi connectivity index (χ1v) is 7.60. The average Bonchev–Trinajstić information content (AvgIpc) is 3.21. The molecule has 0 atom stereocenters. The van der Waals surface area contributed by atoms with Crippen LogP contribution in [0.25, 0.3) is 0 Å². The van der Waals surface area contributed by atoms with Crippen molar-refractivity contribution in [2.75, 3.05) is 0 Å². The SMILES string of the molecule is CCC1CCC(NC(=O)CCC2CC2)(C(=O)O)CC1. The molecule has 2 saturated carbocycles. The molecule has 0 aromatic carbocycles. The minimum atomic E-state index is -0.994. The lowest BCUT2D eigenvalue weighted by Gasteiger charge is -2.37. The Hall–Kier alpha value is -1.06. The summed E-state index contributed by atoms with van der Waals surface area (Å²) in [6, 6.07) is 0. The third-order valence-corrected chi connectivity index (χ3v) is 4.80. The lowest BCUT2D eigenvalue weighted by Crippen LogP contribution is -2.56. The van der Waals surface area contributed by atoms with Gasteiger partial charge in [-0.15, -0.1) is 0 Å². The summed E-state index contributed by atoms with van der Waals surface area (Å²) in [6.45, 7) is 2.15. The maximum absolute atomic E-state index is 11.9. The molecule has 0 radical (unpaired) electrons. The van der Waals surface area contributed by atoms with E-state index in [2.05, 4.69) is 12.2 Å². The number of carbonyl (C=O) groups excluding carboxylic acids is 1. The van der Waals surface area contributed by atoms with Gasteiger partial charge in [-0.05, 0) is 43.9 Å². The van der Waals surface area contributed by atoms with Crippen LogP contribution in [0.4, 0.5) is 0 Å². The largest absolute Gasteiger partial charge is 0.480 e. The van der Waals surface area contributed by atoms with E-state index < -0.39 is 11.5 Å². The first-order valence-electron chi connectivity index (χ1n) is 7.60. The van der Waals surface area contributed by atoms with Gasteiger partial charge < -0.3 is 10.4 Å². The van der Waals surface area contributed by atoms with Crippen molar-refractivity contribution >= 4 is 11.9 Å². The molecule has 0 aromatic rings. The summed E-state index contributed by atoms with van der Waals surface area (Å²) in [5.41, 5.74) is -0.994. The number of carbonyl (C=O) groups is 2. The second-order valence-corrected chi connectivity index (χ2v) is 6.27. The summed E-state index contributed by atoms with van der Waals surface area (Å²) in [6.07, 6.45) is 7.94. The number of hydrogen-bond donors (Lipinski definition) is 2. The summed E-state index contributed by atoms with van der Waals surface area (Å²) in [5.74, 6) is 0.393. The Morgan fingerprint density at radius 1 is 1.16 bits per heavy atom. The molecule has 0 aromatic heterocycles. The van der Waals surface area contributed by atoms with Crippen LogP contribution in [0.1, 0.15) is 64.7 Å². The van der Waals surface area contributed by atoms with Gasteiger partial charge in [-0.3, -0.25) is 4.79 Å². The van der Waals surface area contributed by atoms with Gasteiger partial charge in [0.05, 0.1) is 0 Å². The first kappa shape index (κ1) is 14.4. The zero-order valence-corrected chi connectivity index (χ0v) is 11.8. The van der Waals surface area contributed by atoms with Gasteiger partial charge in [0, 0.05) is 6.42 Å². The summed E-state index contributed by atoms with van der Waals surface area (Å²) >= 11 is 0. The maximum atomic E-state index is 11.9. The summed E-state index contributed by atoms with van der Waals surface area (Å²) in [7, 11) is 0. The van der Waals surface area contributed by atoms with Gasteiger partial charge in [0.1, 0.15) is 5.54 Å². The van der Waals surface area contributed by atoms with Gasteiger partial charge in [0.15, 0.2) is 0 Å². The van der Waals surface area contributed by atoms with Crippen LogP contribution in [-0.4, -0.2) is 22.5 Å². The molecule has 0 bridgehead atoms. The highest BCUT2D eigenvalue weighted by molar-refractivity contribution is 5.87. The molecule has 2 fully saturated rings. The van der Waals surface area contributed by atoms with Crippen LogP contribution in [-0.2, 0) is 9.59 Å². The van der Waals surface area contributed by atoms with Gasteiger partial charge in [-0.25, -0.2) is 4.79 Å². The molecule has 4 nitrogen and oxygen atoms in total. The van der Waals surface area contributed by atoms with E-state index in [-0.39, 0.29) is 5.91 Å². The number of hydrogen-bond acceptors (Lipinski definition) is 2. The van der Waals surface area contributed by atoms with Crippen LogP contribution >= 0.6 is 0 Å². The normalized spacial score (nSPS) is 30.9. The maximum Gasteiger partial charge on any atom is 0.329 e. The second-order valence-electron chi connectivity index (χ2n) is 6.27. The van der Waals surface area contributed by atoms with Crippen LogP contribution in [0.5, 0.6) is 0 Å². The zero-order valence-electron chi connectivity index (χ0n) is 11.8. The molecular formula is C15H25NO3. The topological polar surface area (TPSA) is 66.4 Å². The monoisotopic (exact) mass is 267 g/mol. The van der Waals surface area contributed by atoms with Crippen molar-refractivity contribution in [3.8, 4) is 0 Å². The molecule has 19 heavy (non-hydrogen) atoms. The summed E-state index contributed by atoms with van der Waals surface area (Å²) in [5, 5.41) is 12.3. The van der Waals surface area contributed by atoms with Crippen LogP contribution < -0.4 is 5.32 Å². The van der Waals surface area contributed by atoms with E-state index in [1.54, 1.807) is 0 Å². The number of amides is 1. The molecular weight excluding hydrogens is 242 g/mol.